The molecule has 1 atom stereocenters. The molecule has 0 aromatic carbocycles. The summed E-state index contributed by atoms with van der Waals surface area (Å²) in [4.78, 5) is 18.4. The molecular weight excluding hydrogens is 394 g/mol. The van der Waals surface area contributed by atoms with Crippen molar-refractivity contribution in [1.29, 1.82) is 0 Å². The maximum atomic E-state index is 13.0. The molecule has 28 heavy (non-hydrogen) atoms. The molecule has 0 radical (unpaired) electrons. The molecule has 0 N–H and O–H groups in total. The average molecular weight is 428 g/mol. The molecule has 0 spiro atoms. The van der Waals surface area contributed by atoms with Crippen molar-refractivity contribution < 1.29 is 13.2 Å². The maximum Gasteiger partial charge on any atom is 0.252 e. The number of carbonyl (C=O) groups is 1. The lowest BCUT2D eigenvalue weighted by Gasteiger charge is -2.38. The van der Waals surface area contributed by atoms with E-state index in [-0.39, 0.29) is 11.8 Å². The molecular formula is C20H33N3O3S2. The van der Waals surface area contributed by atoms with Crippen molar-refractivity contribution >= 4 is 27.3 Å². The van der Waals surface area contributed by atoms with Gasteiger partial charge in [-0.05, 0) is 50.8 Å². The molecule has 2 aliphatic rings. The Labute approximate surface area is 173 Å². The minimum absolute atomic E-state index is 0.130. The zero-order chi connectivity index (χ0) is 20.3. The van der Waals surface area contributed by atoms with Gasteiger partial charge in [0.25, 0.3) is 10.0 Å². The molecule has 2 saturated heterocycles. The van der Waals surface area contributed by atoms with Gasteiger partial charge in [-0.15, -0.1) is 11.3 Å². The molecule has 158 valence electrons. The molecule has 1 aromatic rings. The number of hydrogen-bond donors (Lipinski definition) is 0. The third-order valence-electron chi connectivity index (χ3n) is 5.75. The number of nitrogens with zero attached hydrogens (tertiary/aromatic N) is 3. The summed E-state index contributed by atoms with van der Waals surface area (Å²) in [5.74, 6) is 0.611. The molecule has 0 saturated carbocycles. The van der Waals surface area contributed by atoms with Crippen LogP contribution in [0.1, 0.15) is 38.0 Å². The first-order chi connectivity index (χ1) is 13.3. The molecule has 8 heteroatoms. The number of rotatable bonds is 6. The van der Waals surface area contributed by atoms with Crippen LogP contribution in [0.5, 0.6) is 0 Å². The van der Waals surface area contributed by atoms with Gasteiger partial charge in [-0.3, -0.25) is 9.69 Å². The topological polar surface area (TPSA) is 60.9 Å². The Hall–Kier alpha value is -0.960. The molecule has 0 bridgehead atoms. The van der Waals surface area contributed by atoms with Gasteiger partial charge in [0.1, 0.15) is 4.21 Å². The first-order valence-corrected chi connectivity index (χ1v) is 12.6. The van der Waals surface area contributed by atoms with Crippen LogP contribution in [-0.2, 0) is 14.8 Å². The Kier molecular flexibility index (Phi) is 7.17. The Morgan fingerprint density at radius 2 is 1.89 bits per heavy atom. The van der Waals surface area contributed by atoms with Crippen LogP contribution < -0.4 is 0 Å². The third kappa shape index (κ3) is 5.14. The molecule has 1 amide bonds. The van der Waals surface area contributed by atoms with Gasteiger partial charge in [-0.1, -0.05) is 13.8 Å². The zero-order valence-electron chi connectivity index (χ0n) is 17.3. The number of carbonyl (C=O) groups excluding carboxylic acids is 1. The predicted molar refractivity (Wildman–Crippen MR) is 113 cm³/mol. The summed E-state index contributed by atoms with van der Waals surface area (Å²) in [7, 11) is -3.49. The van der Waals surface area contributed by atoms with Crippen LogP contribution in [0.2, 0.25) is 0 Å². The summed E-state index contributed by atoms with van der Waals surface area (Å²) in [6.07, 6.45) is 2.71. The van der Waals surface area contributed by atoms with Gasteiger partial charge in [0, 0.05) is 44.1 Å². The van der Waals surface area contributed by atoms with Crippen molar-refractivity contribution in [2.24, 2.45) is 11.8 Å². The van der Waals surface area contributed by atoms with Crippen molar-refractivity contribution in [3.05, 3.63) is 17.0 Å². The Morgan fingerprint density at radius 3 is 2.50 bits per heavy atom. The summed E-state index contributed by atoms with van der Waals surface area (Å²) >= 11 is 1.30. The van der Waals surface area contributed by atoms with E-state index in [1.54, 1.807) is 6.07 Å². The summed E-state index contributed by atoms with van der Waals surface area (Å²) < 4.78 is 27.7. The summed E-state index contributed by atoms with van der Waals surface area (Å²) in [6, 6.07) is 3.51. The second-order valence-corrected chi connectivity index (χ2v) is 11.9. The molecule has 1 unspecified atom stereocenters. The van der Waals surface area contributed by atoms with E-state index in [2.05, 4.69) is 18.7 Å². The standard InChI is InChI=1S/C20H33N3O3S2/c1-16(2)8-10-21-11-13-22(14-12-21)20(24)18-5-4-9-23(15-18)28(25,26)19-7-6-17(3)27-19/h6-7,16,18H,4-5,8-15H2,1-3H3. The Balaban J connectivity index is 1.56. The molecule has 6 nitrogen and oxygen atoms in total. The van der Waals surface area contributed by atoms with E-state index in [0.29, 0.717) is 23.2 Å². The van der Waals surface area contributed by atoms with Gasteiger partial charge >= 0.3 is 0 Å². The van der Waals surface area contributed by atoms with Gasteiger partial charge in [-0.25, -0.2) is 8.42 Å². The fraction of sp³-hybridized carbons (Fsp3) is 0.750. The van der Waals surface area contributed by atoms with Crippen LogP contribution in [0.15, 0.2) is 16.3 Å². The highest BCUT2D eigenvalue weighted by molar-refractivity contribution is 7.91. The number of piperazine rings is 1. The van der Waals surface area contributed by atoms with Crippen LogP contribution in [0.25, 0.3) is 0 Å². The number of piperidine rings is 1. The zero-order valence-corrected chi connectivity index (χ0v) is 18.9. The lowest BCUT2D eigenvalue weighted by atomic mass is 9.97. The van der Waals surface area contributed by atoms with Crippen molar-refractivity contribution in [2.75, 3.05) is 45.8 Å². The molecule has 3 rings (SSSR count). The minimum atomic E-state index is -3.49. The van der Waals surface area contributed by atoms with E-state index >= 15 is 0 Å². The Bertz CT molecular complexity index is 767. The van der Waals surface area contributed by atoms with Crippen LogP contribution in [0.4, 0.5) is 0 Å². The van der Waals surface area contributed by atoms with E-state index in [1.807, 2.05) is 17.9 Å². The highest BCUT2D eigenvalue weighted by Crippen LogP contribution is 2.29. The maximum absolute atomic E-state index is 13.0. The summed E-state index contributed by atoms with van der Waals surface area (Å²) in [5.41, 5.74) is 0. The van der Waals surface area contributed by atoms with Crippen molar-refractivity contribution in [1.82, 2.24) is 14.1 Å². The lowest BCUT2D eigenvalue weighted by Crippen LogP contribution is -2.53. The van der Waals surface area contributed by atoms with Crippen molar-refractivity contribution in [3.63, 3.8) is 0 Å². The van der Waals surface area contributed by atoms with Crippen LogP contribution in [0.3, 0.4) is 0 Å². The van der Waals surface area contributed by atoms with Gasteiger partial charge in [0.2, 0.25) is 5.91 Å². The van der Waals surface area contributed by atoms with Gasteiger partial charge in [0.15, 0.2) is 0 Å². The Morgan fingerprint density at radius 1 is 1.18 bits per heavy atom. The van der Waals surface area contributed by atoms with E-state index < -0.39 is 10.0 Å². The smallest absolute Gasteiger partial charge is 0.252 e. The van der Waals surface area contributed by atoms with Gasteiger partial charge in [-0.2, -0.15) is 4.31 Å². The fourth-order valence-electron chi connectivity index (χ4n) is 3.93. The van der Waals surface area contributed by atoms with Crippen LogP contribution in [-0.4, -0.2) is 74.2 Å². The minimum Gasteiger partial charge on any atom is -0.340 e. The lowest BCUT2D eigenvalue weighted by molar-refractivity contribution is -0.138. The number of aryl methyl sites for hydroxylation is 1. The number of amides is 1. The van der Waals surface area contributed by atoms with E-state index in [1.165, 1.54) is 22.1 Å². The van der Waals surface area contributed by atoms with E-state index in [9.17, 15) is 13.2 Å². The predicted octanol–water partition coefficient (Wildman–Crippen LogP) is 2.65. The fourth-order valence-corrected chi connectivity index (χ4v) is 6.89. The second kappa shape index (κ2) is 9.24. The number of sulfonamides is 1. The molecule has 2 aliphatic heterocycles. The SMILES string of the molecule is Cc1ccc(S(=O)(=O)N2CCCC(C(=O)N3CCN(CCC(C)C)CC3)C2)s1. The molecule has 2 fully saturated rings. The molecule has 1 aromatic heterocycles. The number of hydrogen-bond acceptors (Lipinski definition) is 5. The molecule has 3 heterocycles. The monoisotopic (exact) mass is 427 g/mol. The van der Waals surface area contributed by atoms with E-state index in [0.717, 1.165) is 50.4 Å². The quantitative estimate of drug-likeness (QED) is 0.700. The highest BCUT2D eigenvalue weighted by atomic mass is 32.2. The summed E-state index contributed by atoms with van der Waals surface area (Å²) in [5, 5.41) is 0. The largest absolute Gasteiger partial charge is 0.340 e. The average Bonchev–Trinajstić information content (AvgIpc) is 3.13. The first-order valence-electron chi connectivity index (χ1n) is 10.3. The number of thiophene rings is 1. The third-order valence-corrected chi connectivity index (χ3v) is 9.08. The summed E-state index contributed by atoms with van der Waals surface area (Å²) in [6.45, 7) is 11.6. The van der Waals surface area contributed by atoms with Crippen LogP contribution in [0, 0.1) is 18.8 Å². The highest BCUT2D eigenvalue weighted by Gasteiger charge is 2.36. The van der Waals surface area contributed by atoms with E-state index in [4.69, 9.17) is 0 Å². The first kappa shape index (κ1) is 21.7. The molecule has 0 aliphatic carbocycles. The second-order valence-electron chi connectivity index (χ2n) is 8.42. The normalized spacial score (nSPS) is 22.7. The van der Waals surface area contributed by atoms with Crippen LogP contribution >= 0.6 is 11.3 Å². The van der Waals surface area contributed by atoms with Gasteiger partial charge < -0.3 is 4.90 Å². The van der Waals surface area contributed by atoms with Gasteiger partial charge in [0.05, 0.1) is 5.92 Å². The van der Waals surface area contributed by atoms with Crippen molar-refractivity contribution in [3.8, 4) is 0 Å². The van der Waals surface area contributed by atoms with Crippen molar-refractivity contribution in [2.45, 2.75) is 44.2 Å².